The number of ether oxygens (including phenoxy) is 2. The average molecular weight is 391 g/mol. The molecule has 140 valence electrons. The first-order chi connectivity index (χ1) is 13.2. The Labute approximate surface area is 158 Å². The maximum Gasteiger partial charge on any atom is 0.322 e. The number of halogens is 1. The van der Waals surface area contributed by atoms with E-state index in [0.29, 0.717) is 18.8 Å². The predicted octanol–water partition coefficient (Wildman–Crippen LogP) is 2.32. The van der Waals surface area contributed by atoms with Crippen LogP contribution in [0.1, 0.15) is 0 Å². The van der Waals surface area contributed by atoms with Gasteiger partial charge in [0.1, 0.15) is 6.61 Å². The van der Waals surface area contributed by atoms with Crippen LogP contribution in [0.15, 0.2) is 29.4 Å². The Bertz CT molecular complexity index is 857. The van der Waals surface area contributed by atoms with E-state index >= 15 is 0 Å². The predicted molar refractivity (Wildman–Crippen MR) is 97.2 cm³/mol. The fourth-order valence-electron chi connectivity index (χ4n) is 2.32. The summed E-state index contributed by atoms with van der Waals surface area (Å²) in [5.41, 5.74) is 9.71. The number of anilines is 3. The second-order valence-corrected chi connectivity index (χ2v) is 5.62. The number of carbonyl (C=O) groups is 1. The molecule has 1 N–H and O–H groups in total. The minimum absolute atomic E-state index is 0.0150. The first-order valence-electron chi connectivity index (χ1n) is 7.96. The molecule has 1 aliphatic heterocycles. The largest absolute Gasteiger partial charge is 0.463 e. The standard InChI is InChI=1S/C15H15ClN8O3/c16-13-20-14(22-15(21-13)27-7-5-18-23-17)19-10-1-3-11(4-2-10)24-6-8-26-9-12(24)25/h1-4H,5-9H2,(H,19,20,21,22). The highest BCUT2D eigenvalue weighted by molar-refractivity contribution is 6.28. The molecule has 11 nitrogen and oxygen atoms in total. The molecule has 2 heterocycles. The van der Waals surface area contributed by atoms with Gasteiger partial charge in [0.2, 0.25) is 11.2 Å². The third kappa shape index (κ3) is 5.17. The van der Waals surface area contributed by atoms with Crippen LogP contribution in [0.5, 0.6) is 6.01 Å². The van der Waals surface area contributed by atoms with Crippen LogP contribution in [-0.4, -0.2) is 53.8 Å². The number of hydrogen-bond donors (Lipinski definition) is 1. The lowest BCUT2D eigenvalue weighted by molar-refractivity contribution is -0.125. The Kier molecular flexibility index (Phi) is 6.21. The molecule has 12 heteroatoms. The number of benzene rings is 1. The summed E-state index contributed by atoms with van der Waals surface area (Å²) in [5, 5.41) is 6.30. The van der Waals surface area contributed by atoms with Crippen molar-refractivity contribution in [3.8, 4) is 6.01 Å². The van der Waals surface area contributed by atoms with Gasteiger partial charge in [0.15, 0.2) is 0 Å². The van der Waals surface area contributed by atoms with Crippen LogP contribution in [0, 0.1) is 0 Å². The number of nitrogens with zero attached hydrogens (tertiary/aromatic N) is 7. The van der Waals surface area contributed by atoms with Gasteiger partial charge in [-0.3, -0.25) is 4.79 Å². The molecular weight excluding hydrogens is 376 g/mol. The minimum Gasteiger partial charge on any atom is -0.463 e. The van der Waals surface area contributed by atoms with Crippen LogP contribution in [-0.2, 0) is 9.53 Å². The molecule has 0 unspecified atom stereocenters. The van der Waals surface area contributed by atoms with Crippen molar-refractivity contribution < 1.29 is 14.3 Å². The fraction of sp³-hybridized carbons (Fsp3) is 0.333. The van der Waals surface area contributed by atoms with Crippen LogP contribution in [0.2, 0.25) is 5.28 Å². The Morgan fingerprint density at radius 3 is 2.89 bits per heavy atom. The zero-order valence-electron chi connectivity index (χ0n) is 14.1. The number of nitrogens with one attached hydrogen (secondary N) is 1. The number of rotatable bonds is 7. The van der Waals surface area contributed by atoms with Gasteiger partial charge in [-0.1, -0.05) is 5.11 Å². The number of morpholine rings is 1. The van der Waals surface area contributed by atoms with Crippen molar-refractivity contribution in [1.29, 1.82) is 0 Å². The molecule has 1 aliphatic rings. The Morgan fingerprint density at radius 1 is 1.33 bits per heavy atom. The van der Waals surface area contributed by atoms with Crippen molar-refractivity contribution in [3.63, 3.8) is 0 Å². The van der Waals surface area contributed by atoms with Gasteiger partial charge in [-0.05, 0) is 41.4 Å². The van der Waals surface area contributed by atoms with Crippen molar-refractivity contribution >= 4 is 34.8 Å². The van der Waals surface area contributed by atoms with Crippen molar-refractivity contribution in [2.24, 2.45) is 5.11 Å². The third-order valence-corrected chi connectivity index (χ3v) is 3.66. The molecule has 0 saturated carbocycles. The highest BCUT2D eigenvalue weighted by Crippen LogP contribution is 2.22. The third-order valence-electron chi connectivity index (χ3n) is 3.49. The number of aromatic nitrogens is 3. The molecule has 2 aromatic rings. The second kappa shape index (κ2) is 8.99. The van der Waals surface area contributed by atoms with Gasteiger partial charge >= 0.3 is 6.01 Å². The molecule has 1 amide bonds. The van der Waals surface area contributed by atoms with Crippen molar-refractivity contribution in [2.45, 2.75) is 0 Å². The van der Waals surface area contributed by atoms with Gasteiger partial charge in [-0.15, -0.1) is 0 Å². The SMILES string of the molecule is [N-]=[N+]=NCCOc1nc(Cl)nc(Nc2ccc(N3CCOCC3=O)cc2)n1. The van der Waals surface area contributed by atoms with E-state index in [9.17, 15) is 4.79 Å². The van der Waals surface area contributed by atoms with Gasteiger partial charge in [-0.2, -0.15) is 15.0 Å². The number of carbonyl (C=O) groups excluding carboxylic acids is 1. The molecule has 0 radical (unpaired) electrons. The summed E-state index contributed by atoms with van der Waals surface area (Å²) in [7, 11) is 0. The second-order valence-electron chi connectivity index (χ2n) is 5.28. The number of amides is 1. The minimum atomic E-state index is -0.0752. The maximum atomic E-state index is 11.9. The van der Waals surface area contributed by atoms with Gasteiger partial charge < -0.3 is 19.7 Å². The summed E-state index contributed by atoms with van der Waals surface area (Å²) in [5.74, 6) is 0.123. The molecule has 0 aliphatic carbocycles. The lowest BCUT2D eigenvalue weighted by atomic mass is 10.2. The van der Waals surface area contributed by atoms with Crippen molar-refractivity contribution in [3.05, 3.63) is 40.0 Å². The number of azide groups is 1. The summed E-state index contributed by atoms with van der Waals surface area (Å²) < 4.78 is 10.4. The summed E-state index contributed by atoms with van der Waals surface area (Å²) in [6.45, 7) is 1.38. The van der Waals surface area contributed by atoms with E-state index in [-0.39, 0.29) is 42.9 Å². The van der Waals surface area contributed by atoms with Crippen molar-refractivity contribution in [1.82, 2.24) is 15.0 Å². The highest BCUT2D eigenvalue weighted by Gasteiger charge is 2.19. The maximum absolute atomic E-state index is 11.9. The molecule has 1 fully saturated rings. The molecule has 1 aromatic carbocycles. The van der Waals surface area contributed by atoms with Crippen LogP contribution in [0.3, 0.4) is 0 Å². The van der Waals surface area contributed by atoms with Crippen LogP contribution >= 0.6 is 11.6 Å². The molecule has 3 rings (SSSR count). The monoisotopic (exact) mass is 390 g/mol. The van der Waals surface area contributed by atoms with Crippen molar-refractivity contribution in [2.75, 3.05) is 43.1 Å². The first-order valence-corrected chi connectivity index (χ1v) is 8.34. The van der Waals surface area contributed by atoms with Gasteiger partial charge in [-0.25, -0.2) is 0 Å². The Morgan fingerprint density at radius 2 is 2.15 bits per heavy atom. The first kappa shape index (κ1) is 18.6. The molecule has 0 bridgehead atoms. The van der Waals surface area contributed by atoms with Gasteiger partial charge in [0.25, 0.3) is 5.91 Å². The van der Waals surface area contributed by atoms with E-state index in [0.717, 1.165) is 5.69 Å². The van der Waals surface area contributed by atoms with E-state index in [1.54, 1.807) is 17.0 Å². The molecule has 0 atom stereocenters. The lowest BCUT2D eigenvalue weighted by Gasteiger charge is -2.26. The summed E-state index contributed by atoms with van der Waals surface area (Å²) in [6.07, 6.45) is 0. The summed E-state index contributed by atoms with van der Waals surface area (Å²) in [4.78, 5) is 28.1. The molecule has 27 heavy (non-hydrogen) atoms. The molecule has 1 aromatic heterocycles. The lowest BCUT2D eigenvalue weighted by Crippen LogP contribution is -2.41. The molecular formula is C15H15ClN8O3. The topological polar surface area (TPSA) is 138 Å². The zero-order chi connectivity index (χ0) is 19.1. The zero-order valence-corrected chi connectivity index (χ0v) is 14.8. The highest BCUT2D eigenvalue weighted by atomic mass is 35.5. The fourth-order valence-corrected chi connectivity index (χ4v) is 2.47. The van der Waals surface area contributed by atoms with E-state index < -0.39 is 0 Å². The van der Waals surface area contributed by atoms with Gasteiger partial charge in [0, 0.05) is 22.8 Å². The molecule has 0 spiro atoms. The normalized spacial score (nSPS) is 13.8. The van der Waals surface area contributed by atoms with Crippen LogP contribution in [0.4, 0.5) is 17.3 Å². The smallest absolute Gasteiger partial charge is 0.322 e. The summed E-state index contributed by atoms with van der Waals surface area (Å²) in [6, 6.07) is 7.22. The van der Waals surface area contributed by atoms with Gasteiger partial charge in [0.05, 0.1) is 19.8 Å². The van der Waals surface area contributed by atoms with Crippen LogP contribution in [0.25, 0.3) is 10.4 Å². The average Bonchev–Trinajstić information content (AvgIpc) is 2.66. The number of hydrogen-bond acceptors (Lipinski definition) is 8. The van der Waals surface area contributed by atoms with Crippen LogP contribution < -0.4 is 15.0 Å². The van der Waals surface area contributed by atoms with E-state index in [1.807, 2.05) is 12.1 Å². The summed E-state index contributed by atoms with van der Waals surface area (Å²) >= 11 is 5.88. The quantitative estimate of drug-likeness (QED) is 0.331. The Balaban J connectivity index is 1.66. The Hall–Kier alpha value is -3.14. The van der Waals surface area contributed by atoms with E-state index in [2.05, 4.69) is 30.3 Å². The van der Waals surface area contributed by atoms with E-state index in [4.69, 9.17) is 26.6 Å². The van der Waals surface area contributed by atoms with E-state index in [1.165, 1.54) is 0 Å². The molecule has 1 saturated heterocycles.